The molecule has 7 nitrogen and oxygen atoms in total. The van der Waals surface area contributed by atoms with Crippen LogP contribution in [0.25, 0.3) is 0 Å². The summed E-state index contributed by atoms with van der Waals surface area (Å²) >= 11 is 0. The number of fused-ring (bicyclic) bond motifs is 1. The van der Waals surface area contributed by atoms with Crippen LogP contribution in [0.2, 0.25) is 0 Å². The predicted molar refractivity (Wildman–Crippen MR) is 99.4 cm³/mol. The lowest BCUT2D eigenvalue weighted by molar-refractivity contribution is 0.0938. The first-order chi connectivity index (χ1) is 12.8. The molecule has 0 radical (unpaired) electrons. The summed E-state index contributed by atoms with van der Waals surface area (Å²) in [5, 5.41) is 2.89. The van der Waals surface area contributed by atoms with Gasteiger partial charge in [-0.15, -0.1) is 0 Å². The van der Waals surface area contributed by atoms with Crippen molar-refractivity contribution in [1.29, 1.82) is 0 Å². The van der Waals surface area contributed by atoms with Crippen LogP contribution < -0.4 is 19.5 Å². The van der Waals surface area contributed by atoms with Crippen LogP contribution in [0, 0.1) is 0 Å². The van der Waals surface area contributed by atoms with E-state index in [4.69, 9.17) is 14.2 Å². The molecule has 8 heteroatoms. The third kappa shape index (κ3) is 4.16. The van der Waals surface area contributed by atoms with E-state index in [0.717, 1.165) is 11.8 Å². The van der Waals surface area contributed by atoms with Gasteiger partial charge in [0.05, 0.1) is 18.0 Å². The number of methoxy groups -OCH3 is 1. The average molecular weight is 391 g/mol. The van der Waals surface area contributed by atoms with Gasteiger partial charge in [0, 0.05) is 11.8 Å². The largest absolute Gasteiger partial charge is 0.493 e. The SMILES string of the molecule is COc1cc(C(=O)NC(C)c2ccc(S(C)(=O)=O)cc2)cc2c1OCCO2. The van der Waals surface area contributed by atoms with Crippen molar-refractivity contribution < 1.29 is 27.4 Å². The third-order valence-electron chi connectivity index (χ3n) is 4.25. The quantitative estimate of drug-likeness (QED) is 0.841. The normalized spacial score (nSPS) is 14.3. The van der Waals surface area contributed by atoms with Crippen LogP contribution in [0.1, 0.15) is 28.9 Å². The smallest absolute Gasteiger partial charge is 0.252 e. The molecule has 3 rings (SSSR count). The lowest BCUT2D eigenvalue weighted by Gasteiger charge is -2.22. The average Bonchev–Trinajstić information content (AvgIpc) is 2.66. The number of carbonyl (C=O) groups excluding carboxylic acids is 1. The van der Waals surface area contributed by atoms with Gasteiger partial charge < -0.3 is 19.5 Å². The van der Waals surface area contributed by atoms with E-state index in [2.05, 4.69) is 5.32 Å². The standard InChI is InChI=1S/C19H21NO6S/c1-12(13-4-6-15(7-5-13)27(3,22)23)20-19(21)14-10-16(24-2)18-17(11-14)25-8-9-26-18/h4-7,10-12H,8-9H2,1-3H3,(H,20,21). The summed E-state index contributed by atoms with van der Waals surface area (Å²) in [6.45, 7) is 2.66. The van der Waals surface area contributed by atoms with Crippen molar-refractivity contribution in [2.75, 3.05) is 26.6 Å². The highest BCUT2D eigenvalue weighted by molar-refractivity contribution is 7.90. The summed E-state index contributed by atoms with van der Waals surface area (Å²) in [4.78, 5) is 12.9. The second-order valence-corrected chi connectivity index (χ2v) is 8.25. The van der Waals surface area contributed by atoms with Gasteiger partial charge in [0.1, 0.15) is 13.2 Å². The van der Waals surface area contributed by atoms with Crippen molar-refractivity contribution in [1.82, 2.24) is 5.32 Å². The second-order valence-electron chi connectivity index (χ2n) is 6.24. The number of carbonyl (C=O) groups is 1. The summed E-state index contributed by atoms with van der Waals surface area (Å²) < 4.78 is 39.5. The van der Waals surface area contributed by atoms with E-state index < -0.39 is 9.84 Å². The zero-order valence-corrected chi connectivity index (χ0v) is 16.1. The Hall–Kier alpha value is -2.74. The van der Waals surface area contributed by atoms with Gasteiger partial charge in [-0.1, -0.05) is 12.1 Å². The van der Waals surface area contributed by atoms with E-state index in [-0.39, 0.29) is 16.8 Å². The second kappa shape index (κ2) is 7.48. The maximum atomic E-state index is 12.6. The lowest BCUT2D eigenvalue weighted by atomic mass is 10.1. The van der Waals surface area contributed by atoms with Crippen LogP contribution in [0.3, 0.4) is 0 Å². The van der Waals surface area contributed by atoms with Crippen molar-refractivity contribution >= 4 is 15.7 Å². The van der Waals surface area contributed by atoms with Crippen molar-refractivity contribution in [3.05, 3.63) is 47.5 Å². The van der Waals surface area contributed by atoms with E-state index in [1.165, 1.54) is 19.2 Å². The van der Waals surface area contributed by atoms with E-state index in [0.29, 0.717) is 36.0 Å². The van der Waals surface area contributed by atoms with E-state index >= 15 is 0 Å². The van der Waals surface area contributed by atoms with Gasteiger partial charge in [0.25, 0.3) is 5.91 Å². The Morgan fingerprint density at radius 2 is 1.81 bits per heavy atom. The number of ether oxygens (including phenoxy) is 3. The number of amides is 1. The number of sulfone groups is 1. The first-order valence-corrected chi connectivity index (χ1v) is 10.3. The summed E-state index contributed by atoms with van der Waals surface area (Å²) in [5.74, 6) is 1.09. The molecule has 1 amide bonds. The Kier molecular flexibility index (Phi) is 5.27. The molecular weight excluding hydrogens is 370 g/mol. The molecule has 1 heterocycles. The fraction of sp³-hybridized carbons (Fsp3) is 0.316. The highest BCUT2D eigenvalue weighted by Gasteiger charge is 2.22. The van der Waals surface area contributed by atoms with E-state index in [1.54, 1.807) is 24.3 Å². The first-order valence-electron chi connectivity index (χ1n) is 8.38. The Morgan fingerprint density at radius 1 is 1.15 bits per heavy atom. The number of hydrogen-bond donors (Lipinski definition) is 1. The fourth-order valence-electron chi connectivity index (χ4n) is 2.77. The monoisotopic (exact) mass is 391 g/mol. The van der Waals surface area contributed by atoms with Gasteiger partial charge in [-0.25, -0.2) is 8.42 Å². The van der Waals surface area contributed by atoms with Crippen LogP contribution in [0.15, 0.2) is 41.3 Å². The minimum Gasteiger partial charge on any atom is -0.493 e. The molecule has 2 aromatic rings. The van der Waals surface area contributed by atoms with Crippen LogP contribution in [-0.2, 0) is 9.84 Å². The van der Waals surface area contributed by atoms with Gasteiger partial charge in [-0.05, 0) is 36.8 Å². The zero-order valence-electron chi connectivity index (χ0n) is 15.3. The first kappa shape index (κ1) is 19.0. The molecule has 27 heavy (non-hydrogen) atoms. The number of nitrogens with one attached hydrogen (secondary N) is 1. The molecule has 1 N–H and O–H groups in total. The Labute approximate surface area is 158 Å². The van der Waals surface area contributed by atoms with Gasteiger partial charge in [0.15, 0.2) is 21.3 Å². The highest BCUT2D eigenvalue weighted by atomic mass is 32.2. The molecule has 144 valence electrons. The predicted octanol–water partition coefficient (Wildman–Crippen LogP) is 2.36. The fourth-order valence-corrected chi connectivity index (χ4v) is 3.40. The van der Waals surface area contributed by atoms with Crippen LogP contribution in [-0.4, -0.2) is 40.9 Å². The molecule has 0 bridgehead atoms. The van der Waals surface area contributed by atoms with E-state index in [9.17, 15) is 13.2 Å². The molecule has 0 aromatic heterocycles. The molecule has 1 aliphatic rings. The summed E-state index contributed by atoms with van der Waals surface area (Å²) in [6.07, 6.45) is 1.16. The number of rotatable bonds is 5. The van der Waals surface area contributed by atoms with Gasteiger partial charge in [-0.2, -0.15) is 0 Å². The number of benzene rings is 2. The molecule has 0 saturated carbocycles. The van der Waals surface area contributed by atoms with Crippen molar-refractivity contribution in [2.45, 2.75) is 17.9 Å². The van der Waals surface area contributed by atoms with Crippen LogP contribution in [0.5, 0.6) is 17.2 Å². The molecule has 0 aliphatic carbocycles. The van der Waals surface area contributed by atoms with Crippen LogP contribution >= 0.6 is 0 Å². The minimum atomic E-state index is -3.25. The van der Waals surface area contributed by atoms with Gasteiger partial charge in [-0.3, -0.25) is 4.79 Å². The van der Waals surface area contributed by atoms with Crippen molar-refractivity contribution in [3.63, 3.8) is 0 Å². The van der Waals surface area contributed by atoms with Gasteiger partial charge >= 0.3 is 0 Å². The molecule has 0 spiro atoms. The Balaban J connectivity index is 1.78. The summed E-state index contributed by atoms with van der Waals surface area (Å²) in [6, 6.07) is 9.33. The third-order valence-corrected chi connectivity index (χ3v) is 5.37. The number of hydrogen-bond acceptors (Lipinski definition) is 6. The molecule has 0 fully saturated rings. The molecule has 1 unspecified atom stereocenters. The Morgan fingerprint density at radius 3 is 2.44 bits per heavy atom. The topological polar surface area (TPSA) is 90.9 Å². The van der Waals surface area contributed by atoms with Crippen molar-refractivity contribution in [3.8, 4) is 17.2 Å². The molecular formula is C19H21NO6S. The highest BCUT2D eigenvalue weighted by Crippen LogP contribution is 2.40. The van der Waals surface area contributed by atoms with Crippen molar-refractivity contribution in [2.24, 2.45) is 0 Å². The van der Waals surface area contributed by atoms with E-state index in [1.807, 2.05) is 6.92 Å². The maximum Gasteiger partial charge on any atom is 0.252 e. The molecule has 0 saturated heterocycles. The van der Waals surface area contributed by atoms with Gasteiger partial charge in [0.2, 0.25) is 5.75 Å². The molecule has 2 aromatic carbocycles. The van der Waals surface area contributed by atoms with Crippen LogP contribution in [0.4, 0.5) is 0 Å². The molecule has 1 aliphatic heterocycles. The minimum absolute atomic E-state index is 0.237. The molecule has 1 atom stereocenters. The maximum absolute atomic E-state index is 12.6. The summed E-state index contributed by atoms with van der Waals surface area (Å²) in [5.41, 5.74) is 1.18. The Bertz CT molecular complexity index is 936. The summed E-state index contributed by atoms with van der Waals surface area (Å²) in [7, 11) is -1.75. The zero-order chi connectivity index (χ0) is 19.6. The lowest BCUT2D eigenvalue weighted by Crippen LogP contribution is -2.27.